The molecule has 0 radical (unpaired) electrons. The summed E-state index contributed by atoms with van der Waals surface area (Å²) in [7, 11) is 0. The first-order valence-electron chi connectivity index (χ1n) is 5.70. The number of benzene rings is 1. The van der Waals surface area contributed by atoms with Crippen LogP contribution in [-0.4, -0.2) is 0 Å². The predicted molar refractivity (Wildman–Crippen MR) is 70.1 cm³/mol. The van der Waals surface area contributed by atoms with Gasteiger partial charge in [-0.15, -0.1) is 0 Å². The molecular formula is C15H19F. The molecule has 0 unspecified atom stereocenters. The largest absolute Gasteiger partial charge is 0.206 e. The van der Waals surface area contributed by atoms with Crippen LogP contribution >= 0.6 is 0 Å². The SMILES string of the molecule is C=Cc1c(F)c(C)c(CC)c(CC)c1C=C. The van der Waals surface area contributed by atoms with Gasteiger partial charge in [0.25, 0.3) is 0 Å². The standard InChI is InChI=1S/C15H19F/c1-6-11-10(5)15(16)14(9-4)13(8-3)12(11)7-2/h8-9H,3-4,6-7H2,1-2,5H3. The van der Waals surface area contributed by atoms with Gasteiger partial charge in [0.15, 0.2) is 0 Å². The van der Waals surface area contributed by atoms with Gasteiger partial charge in [0, 0.05) is 5.56 Å². The Kier molecular flexibility index (Phi) is 4.05. The second kappa shape index (κ2) is 5.11. The van der Waals surface area contributed by atoms with E-state index in [9.17, 15) is 4.39 Å². The average molecular weight is 218 g/mol. The van der Waals surface area contributed by atoms with Gasteiger partial charge in [-0.2, -0.15) is 0 Å². The summed E-state index contributed by atoms with van der Waals surface area (Å²) in [4.78, 5) is 0. The molecule has 0 saturated heterocycles. The minimum Gasteiger partial charge on any atom is -0.206 e. The lowest BCUT2D eigenvalue weighted by Gasteiger charge is -2.17. The molecule has 1 heteroatoms. The van der Waals surface area contributed by atoms with E-state index in [1.54, 1.807) is 12.2 Å². The quantitative estimate of drug-likeness (QED) is 0.695. The lowest BCUT2D eigenvalue weighted by Crippen LogP contribution is -2.05. The van der Waals surface area contributed by atoms with Crippen LogP contribution in [0, 0.1) is 12.7 Å². The van der Waals surface area contributed by atoms with E-state index >= 15 is 0 Å². The smallest absolute Gasteiger partial charge is 0.134 e. The van der Waals surface area contributed by atoms with Crippen molar-refractivity contribution < 1.29 is 4.39 Å². The van der Waals surface area contributed by atoms with Crippen molar-refractivity contribution in [2.75, 3.05) is 0 Å². The average Bonchev–Trinajstić information content (AvgIpc) is 2.31. The fraction of sp³-hybridized carbons (Fsp3) is 0.333. The molecule has 1 rings (SSSR count). The maximum absolute atomic E-state index is 14.1. The van der Waals surface area contributed by atoms with Gasteiger partial charge in [0.2, 0.25) is 0 Å². The van der Waals surface area contributed by atoms with Crippen molar-refractivity contribution in [2.45, 2.75) is 33.6 Å². The van der Waals surface area contributed by atoms with Crippen LogP contribution in [0.25, 0.3) is 12.2 Å². The number of rotatable bonds is 4. The van der Waals surface area contributed by atoms with Gasteiger partial charge in [-0.05, 0) is 42.0 Å². The zero-order chi connectivity index (χ0) is 12.3. The van der Waals surface area contributed by atoms with Gasteiger partial charge in [-0.3, -0.25) is 0 Å². The summed E-state index contributed by atoms with van der Waals surface area (Å²) >= 11 is 0. The molecule has 1 aromatic carbocycles. The fourth-order valence-electron chi connectivity index (χ4n) is 2.32. The molecule has 0 heterocycles. The normalized spacial score (nSPS) is 10.2. The molecule has 0 amide bonds. The molecule has 16 heavy (non-hydrogen) atoms. The third kappa shape index (κ3) is 1.82. The lowest BCUT2D eigenvalue weighted by molar-refractivity contribution is 0.611. The van der Waals surface area contributed by atoms with Crippen molar-refractivity contribution in [3.05, 3.63) is 46.8 Å². The molecule has 0 fully saturated rings. The minimum absolute atomic E-state index is 0.154. The zero-order valence-corrected chi connectivity index (χ0v) is 10.4. The molecular weight excluding hydrogens is 199 g/mol. The summed E-state index contributed by atoms with van der Waals surface area (Å²) in [5, 5.41) is 0. The monoisotopic (exact) mass is 218 g/mol. The fourth-order valence-corrected chi connectivity index (χ4v) is 2.32. The van der Waals surface area contributed by atoms with Gasteiger partial charge in [-0.1, -0.05) is 39.2 Å². The molecule has 86 valence electrons. The second-order valence-electron chi connectivity index (χ2n) is 3.84. The van der Waals surface area contributed by atoms with Crippen LogP contribution < -0.4 is 0 Å². The molecule has 0 aliphatic carbocycles. The van der Waals surface area contributed by atoms with Crippen molar-refractivity contribution in [1.82, 2.24) is 0 Å². The van der Waals surface area contributed by atoms with Gasteiger partial charge in [0.1, 0.15) is 5.82 Å². The van der Waals surface area contributed by atoms with Gasteiger partial charge in [0.05, 0.1) is 0 Å². The van der Waals surface area contributed by atoms with Crippen LogP contribution in [0.15, 0.2) is 13.2 Å². The van der Waals surface area contributed by atoms with Crippen LogP contribution in [-0.2, 0) is 12.8 Å². The molecule has 1 aromatic rings. The summed E-state index contributed by atoms with van der Waals surface area (Å²) in [6.07, 6.45) is 5.06. The molecule has 0 aromatic heterocycles. The highest BCUT2D eigenvalue weighted by Gasteiger charge is 2.16. The van der Waals surface area contributed by atoms with Crippen molar-refractivity contribution in [1.29, 1.82) is 0 Å². The van der Waals surface area contributed by atoms with E-state index < -0.39 is 0 Å². The minimum atomic E-state index is -0.154. The third-order valence-corrected chi connectivity index (χ3v) is 3.11. The van der Waals surface area contributed by atoms with E-state index in [2.05, 4.69) is 27.0 Å². The predicted octanol–water partition coefficient (Wildman–Crippen LogP) is 4.54. The Morgan fingerprint density at radius 2 is 1.50 bits per heavy atom. The summed E-state index contributed by atoms with van der Waals surface area (Å²) in [5.74, 6) is -0.154. The lowest BCUT2D eigenvalue weighted by atomic mass is 9.88. The topological polar surface area (TPSA) is 0 Å². The molecule has 0 aliphatic heterocycles. The summed E-state index contributed by atoms with van der Waals surface area (Å²) in [6, 6.07) is 0. The van der Waals surface area contributed by atoms with Crippen LogP contribution in [0.5, 0.6) is 0 Å². The maximum Gasteiger partial charge on any atom is 0.134 e. The van der Waals surface area contributed by atoms with Crippen molar-refractivity contribution in [2.24, 2.45) is 0 Å². The second-order valence-corrected chi connectivity index (χ2v) is 3.84. The molecule has 0 nitrogen and oxygen atoms in total. The van der Waals surface area contributed by atoms with E-state index in [0.717, 1.165) is 29.5 Å². The zero-order valence-electron chi connectivity index (χ0n) is 10.4. The molecule has 0 bridgehead atoms. The Balaban J connectivity index is 3.75. The van der Waals surface area contributed by atoms with E-state index in [4.69, 9.17) is 0 Å². The molecule has 0 atom stereocenters. The van der Waals surface area contributed by atoms with Gasteiger partial charge in [-0.25, -0.2) is 4.39 Å². The summed E-state index contributed by atoms with van der Waals surface area (Å²) in [6.45, 7) is 13.5. The summed E-state index contributed by atoms with van der Waals surface area (Å²) < 4.78 is 14.1. The Labute approximate surface area is 97.5 Å². The highest BCUT2D eigenvalue weighted by Crippen LogP contribution is 2.29. The Morgan fingerprint density at radius 3 is 1.88 bits per heavy atom. The van der Waals surface area contributed by atoms with E-state index in [1.807, 2.05) is 6.92 Å². The molecule has 0 spiro atoms. The molecule has 0 aliphatic rings. The van der Waals surface area contributed by atoms with Gasteiger partial charge >= 0.3 is 0 Å². The maximum atomic E-state index is 14.1. The Hall–Kier alpha value is -1.37. The van der Waals surface area contributed by atoms with E-state index in [-0.39, 0.29) is 5.82 Å². The van der Waals surface area contributed by atoms with E-state index in [1.165, 1.54) is 5.56 Å². The molecule has 0 saturated carbocycles. The van der Waals surface area contributed by atoms with Crippen LogP contribution in [0.2, 0.25) is 0 Å². The number of hydrogen-bond acceptors (Lipinski definition) is 0. The first-order valence-corrected chi connectivity index (χ1v) is 5.70. The number of hydrogen-bond donors (Lipinski definition) is 0. The Bertz CT molecular complexity index is 428. The third-order valence-electron chi connectivity index (χ3n) is 3.11. The molecule has 0 N–H and O–H groups in total. The van der Waals surface area contributed by atoms with Crippen LogP contribution in [0.1, 0.15) is 41.7 Å². The van der Waals surface area contributed by atoms with Crippen LogP contribution in [0.3, 0.4) is 0 Å². The van der Waals surface area contributed by atoms with Crippen molar-refractivity contribution in [3.63, 3.8) is 0 Å². The first-order chi connectivity index (χ1) is 7.62. The van der Waals surface area contributed by atoms with Crippen LogP contribution in [0.4, 0.5) is 4.39 Å². The first kappa shape index (κ1) is 12.7. The number of halogens is 1. The highest BCUT2D eigenvalue weighted by molar-refractivity contribution is 5.69. The Morgan fingerprint density at radius 1 is 1.00 bits per heavy atom. The highest BCUT2D eigenvalue weighted by atomic mass is 19.1. The van der Waals surface area contributed by atoms with Crippen molar-refractivity contribution in [3.8, 4) is 0 Å². The van der Waals surface area contributed by atoms with E-state index in [0.29, 0.717) is 5.56 Å². The summed E-state index contributed by atoms with van der Waals surface area (Å²) in [5.41, 5.74) is 4.55. The van der Waals surface area contributed by atoms with Gasteiger partial charge < -0.3 is 0 Å². The van der Waals surface area contributed by atoms with Crippen molar-refractivity contribution >= 4 is 12.2 Å².